The first kappa shape index (κ1) is 14.8. The van der Waals surface area contributed by atoms with Gasteiger partial charge >= 0.3 is 0 Å². The van der Waals surface area contributed by atoms with E-state index >= 15 is 0 Å². The number of aliphatic hydroxyl groups is 1. The summed E-state index contributed by atoms with van der Waals surface area (Å²) in [4.78, 5) is 4.76. The number of aliphatic imine (C=N–C) groups is 1. The molecule has 0 radical (unpaired) electrons. The lowest BCUT2D eigenvalue weighted by atomic mass is 9.89. The van der Waals surface area contributed by atoms with Crippen LogP contribution in [0.4, 0.5) is 0 Å². The molecule has 0 spiro atoms. The topological polar surface area (TPSA) is 32.6 Å². The Labute approximate surface area is 125 Å². The number of fused-ring (bicyclic) bond motifs is 1. The first-order valence-corrected chi connectivity index (χ1v) is 6.65. The monoisotopic (exact) mass is 287 g/mol. The summed E-state index contributed by atoms with van der Waals surface area (Å²) in [5.41, 5.74) is 4.56. The maximum Gasteiger partial charge on any atom is 0.0803 e. The second-order valence-corrected chi connectivity index (χ2v) is 5.01. The molecule has 20 heavy (non-hydrogen) atoms. The van der Waals surface area contributed by atoms with Crippen molar-refractivity contribution in [3.63, 3.8) is 0 Å². The third-order valence-corrected chi connectivity index (χ3v) is 3.60. The third-order valence-electron chi connectivity index (χ3n) is 3.60. The van der Waals surface area contributed by atoms with Crippen molar-refractivity contribution in [2.75, 3.05) is 0 Å². The van der Waals surface area contributed by atoms with E-state index in [0.29, 0.717) is 0 Å². The molecular formula is C17H18ClNO. The lowest BCUT2D eigenvalue weighted by Crippen LogP contribution is -2.30. The minimum Gasteiger partial charge on any atom is -0.391 e. The number of rotatable bonds is 2. The predicted octanol–water partition coefficient (Wildman–Crippen LogP) is 3.25. The SMILES string of the molecule is CC(O)C1Cc2ccccc2C(c2ccccc2)=N1.Cl. The van der Waals surface area contributed by atoms with Crippen molar-refractivity contribution >= 4 is 18.1 Å². The number of benzene rings is 2. The smallest absolute Gasteiger partial charge is 0.0803 e. The quantitative estimate of drug-likeness (QED) is 0.903. The Kier molecular flexibility index (Phi) is 4.58. The zero-order chi connectivity index (χ0) is 13.2. The molecule has 0 saturated carbocycles. The number of nitrogens with zero attached hydrogens (tertiary/aromatic N) is 1. The summed E-state index contributed by atoms with van der Waals surface area (Å²) in [5, 5.41) is 9.86. The Bertz CT molecular complexity index is 607. The van der Waals surface area contributed by atoms with E-state index in [-0.39, 0.29) is 18.4 Å². The fraction of sp³-hybridized carbons (Fsp3) is 0.235. The molecule has 2 atom stereocenters. The second kappa shape index (κ2) is 6.21. The Balaban J connectivity index is 0.00000147. The summed E-state index contributed by atoms with van der Waals surface area (Å²) in [6.45, 7) is 1.81. The van der Waals surface area contributed by atoms with Gasteiger partial charge in [0.05, 0.1) is 17.9 Å². The standard InChI is InChI=1S/C17H17NO.ClH/c1-12(19)16-11-14-9-5-6-10-15(14)17(18-16)13-7-3-2-4-8-13;/h2-10,12,16,19H,11H2,1H3;1H. The van der Waals surface area contributed by atoms with E-state index in [2.05, 4.69) is 24.3 Å². The molecule has 2 nitrogen and oxygen atoms in total. The first-order valence-electron chi connectivity index (χ1n) is 6.65. The van der Waals surface area contributed by atoms with E-state index in [1.165, 1.54) is 11.1 Å². The average molecular weight is 288 g/mol. The molecule has 2 aromatic rings. The lowest BCUT2D eigenvalue weighted by Gasteiger charge is -2.25. The van der Waals surface area contributed by atoms with E-state index < -0.39 is 6.10 Å². The van der Waals surface area contributed by atoms with Crippen molar-refractivity contribution in [3.05, 3.63) is 71.3 Å². The highest BCUT2D eigenvalue weighted by Gasteiger charge is 2.24. The van der Waals surface area contributed by atoms with E-state index in [4.69, 9.17) is 4.99 Å². The van der Waals surface area contributed by atoms with Crippen LogP contribution in [0, 0.1) is 0 Å². The van der Waals surface area contributed by atoms with Gasteiger partial charge in [-0.1, -0.05) is 54.6 Å². The summed E-state index contributed by atoms with van der Waals surface area (Å²) in [5.74, 6) is 0. The number of halogens is 1. The number of hydrogen-bond acceptors (Lipinski definition) is 2. The van der Waals surface area contributed by atoms with Crippen LogP contribution in [0.2, 0.25) is 0 Å². The van der Waals surface area contributed by atoms with Gasteiger partial charge in [0, 0.05) is 11.1 Å². The van der Waals surface area contributed by atoms with E-state index in [1.807, 2.05) is 37.3 Å². The normalized spacial score (nSPS) is 18.5. The molecule has 2 unspecified atom stereocenters. The molecule has 0 aromatic heterocycles. The van der Waals surface area contributed by atoms with Crippen molar-refractivity contribution in [2.24, 2.45) is 4.99 Å². The number of hydrogen-bond donors (Lipinski definition) is 1. The van der Waals surface area contributed by atoms with Gasteiger partial charge in [-0.05, 0) is 18.9 Å². The molecule has 0 saturated heterocycles. The molecule has 1 aliphatic heterocycles. The van der Waals surface area contributed by atoms with Gasteiger partial charge in [-0.2, -0.15) is 0 Å². The highest BCUT2D eigenvalue weighted by Crippen LogP contribution is 2.24. The zero-order valence-corrected chi connectivity index (χ0v) is 12.2. The minimum atomic E-state index is -0.424. The fourth-order valence-corrected chi connectivity index (χ4v) is 2.54. The van der Waals surface area contributed by atoms with Crippen LogP contribution in [-0.2, 0) is 6.42 Å². The molecule has 0 amide bonds. The summed E-state index contributed by atoms with van der Waals surface area (Å²) >= 11 is 0. The van der Waals surface area contributed by atoms with Crippen molar-refractivity contribution < 1.29 is 5.11 Å². The summed E-state index contributed by atoms with van der Waals surface area (Å²) in [7, 11) is 0. The van der Waals surface area contributed by atoms with E-state index in [1.54, 1.807) is 0 Å². The summed E-state index contributed by atoms with van der Waals surface area (Å²) in [6, 6.07) is 18.5. The zero-order valence-electron chi connectivity index (χ0n) is 11.4. The molecule has 1 N–H and O–H groups in total. The molecule has 0 bridgehead atoms. The second-order valence-electron chi connectivity index (χ2n) is 5.01. The van der Waals surface area contributed by atoms with Gasteiger partial charge < -0.3 is 5.11 Å². The van der Waals surface area contributed by atoms with Crippen LogP contribution < -0.4 is 0 Å². The van der Waals surface area contributed by atoms with Crippen molar-refractivity contribution in [3.8, 4) is 0 Å². The van der Waals surface area contributed by atoms with Crippen LogP contribution in [0.15, 0.2) is 59.6 Å². The first-order chi connectivity index (χ1) is 9.25. The molecule has 3 heteroatoms. The van der Waals surface area contributed by atoms with Crippen LogP contribution in [-0.4, -0.2) is 23.0 Å². The molecule has 0 fully saturated rings. The van der Waals surface area contributed by atoms with Gasteiger partial charge in [0.25, 0.3) is 0 Å². The molecule has 2 aromatic carbocycles. The lowest BCUT2D eigenvalue weighted by molar-refractivity contribution is 0.163. The molecule has 0 aliphatic carbocycles. The molecule has 104 valence electrons. The van der Waals surface area contributed by atoms with Crippen LogP contribution >= 0.6 is 12.4 Å². The predicted molar refractivity (Wildman–Crippen MR) is 84.9 cm³/mol. The Morgan fingerprint density at radius 1 is 1.05 bits per heavy atom. The fourth-order valence-electron chi connectivity index (χ4n) is 2.54. The average Bonchev–Trinajstić information content (AvgIpc) is 2.47. The van der Waals surface area contributed by atoms with Gasteiger partial charge in [0.1, 0.15) is 0 Å². The highest BCUT2D eigenvalue weighted by molar-refractivity contribution is 6.14. The van der Waals surface area contributed by atoms with E-state index in [0.717, 1.165) is 17.7 Å². The third kappa shape index (κ3) is 2.77. The van der Waals surface area contributed by atoms with Gasteiger partial charge in [0.15, 0.2) is 0 Å². The summed E-state index contributed by atoms with van der Waals surface area (Å²) in [6.07, 6.45) is 0.386. The van der Waals surface area contributed by atoms with Crippen LogP contribution in [0.5, 0.6) is 0 Å². The largest absolute Gasteiger partial charge is 0.391 e. The van der Waals surface area contributed by atoms with E-state index in [9.17, 15) is 5.11 Å². The van der Waals surface area contributed by atoms with Gasteiger partial charge in [-0.25, -0.2) is 0 Å². The number of aliphatic hydroxyl groups excluding tert-OH is 1. The van der Waals surface area contributed by atoms with Crippen molar-refractivity contribution in [2.45, 2.75) is 25.5 Å². The van der Waals surface area contributed by atoms with Gasteiger partial charge in [0.2, 0.25) is 0 Å². The van der Waals surface area contributed by atoms with Crippen molar-refractivity contribution in [1.29, 1.82) is 0 Å². The van der Waals surface area contributed by atoms with Gasteiger partial charge in [-0.3, -0.25) is 4.99 Å². The van der Waals surface area contributed by atoms with Crippen LogP contribution in [0.3, 0.4) is 0 Å². The molecule has 1 heterocycles. The molecular weight excluding hydrogens is 270 g/mol. The maximum atomic E-state index is 9.86. The Hall–Kier alpha value is -1.64. The molecule has 1 aliphatic rings. The Morgan fingerprint density at radius 2 is 1.70 bits per heavy atom. The minimum absolute atomic E-state index is 0. The van der Waals surface area contributed by atoms with Crippen LogP contribution in [0.1, 0.15) is 23.6 Å². The maximum absolute atomic E-state index is 9.86. The van der Waals surface area contributed by atoms with Crippen molar-refractivity contribution in [1.82, 2.24) is 0 Å². The van der Waals surface area contributed by atoms with Gasteiger partial charge in [-0.15, -0.1) is 12.4 Å². The Morgan fingerprint density at radius 3 is 2.40 bits per heavy atom. The van der Waals surface area contributed by atoms with Crippen LogP contribution in [0.25, 0.3) is 0 Å². The highest BCUT2D eigenvalue weighted by atomic mass is 35.5. The summed E-state index contributed by atoms with van der Waals surface area (Å²) < 4.78 is 0. The molecule has 3 rings (SSSR count).